The van der Waals surface area contributed by atoms with Crippen LogP contribution in [0.2, 0.25) is 0 Å². The molecule has 0 aliphatic heterocycles. The van der Waals surface area contributed by atoms with Crippen LogP contribution >= 0.6 is 34.8 Å². The molecule has 0 bridgehead atoms. The topological polar surface area (TPSA) is 36.9 Å². The van der Waals surface area contributed by atoms with E-state index in [4.69, 9.17) is 53.8 Å². The fraction of sp³-hybridized carbons (Fsp3) is 0.333. The van der Waals surface area contributed by atoms with E-state index in [1.54, 1.807) is 64.8 Å². The van der Waals surface area contributed by atoms with E-state index in [0.717, 1.165) is 0 Å². The van der Waals surface area contributed by atoms with Gasteiger partial charge in [-0.1, -0.05) is 34.8 Å². The smallest absolute Gasteiger partial charge is 0.201 e. The standard InChI is InChI=1S/C18H19Cl3O4/c1-22-11-5-7-15(24-3)13(9-11)17(18(19,20)21)14-10-12(23-2)6-8-16(14)25-4/h5-10,17H,1-4H3. The number of benzene rings is 2. The van der Waals surface area contributed by atoms with Gasteiger partial charge in [0.05, 0.1) is 34.4 Å². The van der Waals surface area contributed by atoms with E-state index < -0.39 is 9.71 Å². The second-order valence-electron chi connectivity index (χ2n) is 5.19. The van der Waals surface area contributed by atoms with Gasteiger partial charge in [0.25, 0.3) is 0 Å². The van der Waals surface area contributed by atoms with Crippen LogP contribution in [0.25, 0.3) is 0 Å². The normalized spacial score (nSPS) is 11.4. The van der Waals surface area contributed by atoms with Gasteiger partial charge in [-0.25, -0.2) is 0 Å². The zero-order chi connectivity index (χ0) is 18.6. The highest BCUT2D eigenvalue weighted by molar-refractivity contribution is 6.68. The van der Waals surface area contributed by atoms with E-state index >= 15 is 0 Å². The fourth-order valence-electron chi connectivity index (χ4n) is 2.65. The molecule has 2 aromatic carbocycles. The third kappa shape index (κ3) is 4.38. The van der Waals surface area contributed by atoms with Gasteiger partial charge in [-0.15, -0.1) is 0 Å². The number of ether oxygens (including phenoxy) is 4. The Balaban J connectivity index is 2.75. The van der Waals surface area contributed by atoms with Crippen LogP contribution in [0.4, 0.5) is 0 Å². The Bertz CT molecular complexity index is 673. The van der Waals surface area contributed by atoms with Crippen molar-refractivity contribution < 1.29 is 18.9 Å². The van der Waals surface area contributed by atoms with Crippen molar-refractivity contribution >= 4 is 34.8 Å². The molecule has 0 aromatic heterocycles. The maximum atomic E-state index is 6.36. The van der Waals surface area contributed by atoms with Crippen LogP contribution in [0.1, 0.15) is 17.0 Å². The second kappa shape index (κ2) is 8.26. The predicted molar refractivity (Wildman–Crippen MR) is 101 cm³/mol. The Morgan fingerprint density at radius 3 is 1.36 bits per heavy atom. The van der Waals surface area contributed by atoms with Crippen LogP contribution in [-0.4, -0.2) is 32.2 Å². The van der Waals surface area contributed by atoms with Gasteiger partial charge in [0, 0.05) is 11.1 Å². The monoisotopic (exact) mass is 404 g/mol. The molecule has 7 heteroatoms. The molecule has 0 atom stereocenters. The number of alkyl halides is 3. The van der Waals surface area contributed by atoms with E-state index in [0.29, 0.717) is 34.1 Å². The maximum Gasteiger partial charge on any atom is 0.201 e. The average Bonchev–Trinajstić information content (AvgIpc) is 2.60. The minimum atomic E-state index is -1.67. The fourth-order valence-corrected chi connectivity index (χ4v) is 3.36. The van der Waals surface area contributed by atoms with Gasteiger partial charge in [-0.2, -0.15) is 0 Å². The summed E-state index contributed by atoms with van der Waals surface area (Å²) in [7, 11) is 6.26. The molecule has 0 aliphatic carbocycles. The van der Waals surface area contributed by atoms with Gasteiger partial charge >= 0.3 is 0 Å². The Kier molecular flexibility index (Phi) is 6.55. The minimum absolute atomic E-state index is 0.571. The highest BCUT2D eigenvalue weighted by Gasteiger charge is 2.39. The third-order valence-corrected chi connectivity index (χ3v) is 4.48. The number of rotatable bonds is 6. The molecule has 4 nitrogen and oxygen atoms in total. The molecule has 0 aliphatic rings. The summed E-state index contributed by atoms with van der Waals surface area (Å²) in [5.41, 5.74) is 1.32. The van der Waals surface area contributed by atoms with E-state index in [-0.39, 0.29) is 0 Å². The molecular formula is C18H19Cl3O4. The Morgan fingerprint density at radius 1 is 0.680 bits per heavy atom. The third-order valence-electron chi connectivity index (χ3n) is 3.82. The summed E-state index contributed by atoms with van der Waals surface area (Å²) < 4.78 is 19.9. The highest BCUT2D eigenvalue weighted by Crippen LogP contribution is 2.51. The SMILES string of the molecule is COc1ccc(OC)c(C(c2cc(OC)ccc2OC)C(Cl)(Cl)Cl)c1. The van der Waals surface area contributed by atoms with Crippen LogP contribution in [-0.2, 0) is 0 Å². The largest absolute Gasteiger partial charge is 0.497 e. The second-order valence-corrected chi connectivity index (χ2v) is 7.56. The molecule has 0 unspecified atom stereocenters. The Labute approximate surface area is 162 Å². The average molecular weight is 406 g/mol. The Morgan fingerprint density at radius 2 is 1.08 bits per heavy atom. The lowest BCUT2D eigenvalue weighted by Gasteiger charge is -2.28. The molecule has 0 heterocycles. The van der Waals surface area contributed by atoms with Gasteiger partial charge in [-0.05, 0) is 36.4 Å². The first-order valence-corrected chi connectivity index (χ1v) is 8.49. The predicted octanol–water partition coefficient (Wildman–Crippen LogP) is 5.22. The van der Waals surface area contributed by atoms with Crippen molar-refractivity contribution in [3.05, 3.63) is 47.5 Å². The van der Waals surface area contributed by atoms with Crippen molar-refractivity contribution in [2.45, 2.75) is 9.71 Å². The molecule has 0 spiro atoms. The molecule has 0 radical (unpaired) electrons. The molecule has 0 N–H and O–H groups in total. The summed E-state index contributed by atoms with van der Waals surface area (Å²) in [5, 5.41) is 0. The zero-order valence-corrected chi connectivity index (χ0v) is 16.6. The van der Waals surface area contributed by atoms with E-state index in [1.165, 1.54) is 0 Å². The van der Waals surface area contributed by atoms with Crippen molar-refractivity contribution in [3.8, 4) is 23.0 Å². The molecule has 2 aromatic rings. The minimum Gasteiger partial charge on any atom is -0.497 e. The highest BCUT2D eigenvalue weighted by atomic mass is 35.6. The lowest BCUT2D eigenvalue weighted by atomic mass is 9.90. The van der Waals surface area contributed by atoms with Crippen LogP contribution in [0, 0.1) is 0 Å². The van der Waals surface area contributed by atoms with E-state index in [2.05, 4.69) is 0 Å². The molecule has 0 fully saturated rings. The van der Waals surface area contributed by atoms with Crippen molar-refractivity contribution in [1.29, 1.82) is 0 Å². The van der Waals surface area contributed by atoms with Gasteiger partial charge in [0.2, 0.25) is 3.79 Å². The number of hydrogen-bond acceptors (Lipinski definition) is 4. The maximum absolute atomic E-state index is 6.36. The summed E-state index contributed by atoms with van der Waals surface area (Å²) in [6.45, 7) is 0. The number of methoxy groups -OCH3 is 4. The molecule has 0 saturated carbocycles. The lowest BCUT2D eigenvalue weighted by molar-refractivity contribution is 0.389. The molecular weight excluding hydrogens is 387 g/mol. The van der Waals surface area contributed by atoms with Crippen LogP contribution in [0.5, 0.6) is 23.0 Å². The van der Waals surface area contributed by atoms with Crippen LogP contribution in [0.3, 0.4) is 0 Å². The quantitative estimate of drug-likeness (QED) is 0.617. The van der Waals surface area contributed by atoms with Crippen molar-refractivity contribution in [2.75, 3.05) is 28.4 Å². The van der Waals surface area contributed by atoms with Crippen LogP contribution < -0.4 is 18.9 Å². The number of hydrogen-bond donors (Lipinski definition) is 0. The summed E-state index contributed by atoms with van der Waals surface area (Å²) in [6.07, 6.45) is 0. The molecule has 0 amide bonds. The summed E-state index contributed by atoms with van der Waals surface area (Å²) in [4.78, 5) is 0. The summed E-state index contributed by atoms with van der Waals surface area (Å²) >= 11 is 19.1. The molecule has 136 valence electrons. The van der Waals surface area contributed by atoms with Gasteiger partial charge in [-0.3, -0.25) is 0 Å². The molecule has 25 heavy (non-hydrogen) atoms. The summed E-state index contributed by atoms with van der Waals surface area (Å²) in [5.74, 6) is 1.71. The van der Waals surface area contributed by atoms with E-state index in [9.17, 15) is 0 Å². The number of halogens is 3. The van der Waals surface area contributed by atoms with Gasteiger partial charge < -0.3 is 18.9 Å². The first-order valence-electron chi connectivity index (χ1n) is 7.36. The van der Waals surface area contributed by atoms with Gasteiger partial charge in [0.15, 0.2) is 0 Å². The zero-order valence-electron chi connectivity index (χ0n) is 14.3. The first-order chi connectivity index (χ1) is 11.8. The van der Waals surface area contributed by atoms with Crippen LogP contribution in [0.15, 0.2) is 36.4 Å². The van der Waals surface area contributed by atoms with Crippen molar-refractivity contribution in [1.82, 2.24) is 0 Å². The van der Waals surface area contributed by atoms with Gasteiger partial charge in [0.1, 0.15) is 23.0 Å². The first kappa shape index (κ1) is 19.8. The Hall–Kier alpha value is -1.49. The molecule has 0 saturated heterocycles. The lowest BCUT2D eigenvalue weighted by Crippen LogP contribution is -2.20. The van der Waals surface area contributed by atoms with Crippen molar-refractivity contribution in [3.63, 3.8) is 0 Å². The summed E-state index contributed by atoms with van der Waals surface area (Å²) in [6, 6.07) is 10.7. The van der Waals surface area contributed by atoms with E-state index in [1.807, 2.05) is 0 Å². The van der Waals surface area contributed by atoms with Crippen molar-refractivity contribution in [2.24, 2.45) is 0 Å². The molecule has 2 rings (SSSR count).